The number of carbonyl (C=O) groups is 1. The predicted octanol–water partition coefficient (Wildman–Crippen LogP) is 2.94. The molecule has 0 unspecified atom stereocenters. The first-order valence-electron chi connectivity index (χ1n) is 8.90. The lowest BCUT2D eigenvalue weighted by atomic mass is 10.1. The van der Waals surface area contributed by atoms with E-state index in [2.05, 4.69) is 11.0 Å². The van der Waals surface area contributed by atoms with E-state index < -0.39 is 4.92 Å². The Morgan fingerprint density at radius 2 is 1.63 bits per heavy atom. The molecule has 27 heavy (non-hydrogen) atoms. The van der Waals surface area contributed by atoms with Crippen molar-refractivity contribution in [2.45, 2.75) is 13.8 Å². The number of aryl methyl sites for hydroxylation is 2. The number of ether oxygens (including phenoxy) is 1. The Kier molecular flexibility index (Phi) is 5.59. The highest BCUT2D eigenvalue weighted by atomic mass is 16.6. The average molecular weight is 369 g/mol. The maximum absolute atomic E-state index is 12.4. The third-order valence-electron chi connectivity index (χ3n) is 4.62. The number of hydrogen-bond donors (Lipinski definition) is 0. The highest BCUT2D eigenvalue weighted by molar-refractivity contribution is 5.78. The van der Waals surface area contributed by atoms with Gasteiger partial charge in [0.25, 0.3) is 11.6 Å². The van der Waals surface area contributed by atoms with E-state index in [1.807, 2.05) is 26.0 Å². The van der Waals surface area contributed by atoms with E-state index in [1.165, 1.54) is 12.1 Å². The van der Waals surface area contributed by atoms with Crippen LogP contribution in [0.4, 0.5) is 11.4 Å². The molecule has 0 spiro atoms. The van der Waals surface area contributed by atoms with Gasteiger partial charge < -0.3 is 14.5 Å². The van der Waals surface area contributed by atoms with Gasteiger partial charge in [0, 0.05) is 44.0 Å². The Morgan fingerprint density at radius 1 is 1.04 bits per heavy atom. The second-order valence-corrected chi connectivity index (χ2v) is 6.75. The first kappa shape index (κ1) is 18.7. The van der Waals surface area contributed by atoms with Crippen molar-refractivity contribution in [2.24, 2.45) is 0 Å². The molecule has 1 amide bonds. The van der Waals surface area contributed by atoms with Crippen LogP contribution in [0.5, 0.6) is 5.75 Å². The molecule has 1 aliphatic heterocycles. The zero-order valence-corrected chi connectivity index (χ0v) is 15.6. The number of rotatable bonds is 5. The highest BCUT2D eigenvalue weighted by Gasteiger charge is 2.22. The van der Waals surface area contributed by atoms with E-state index in [4.69, 9.17) is 4.74 Å². The number of anilines is 1. The number of piperazine rings is 1. The summed E-state index contributed by atoms with van der Waals surface area (Å²) in [5.74, 6) is 0.683. The molecule has 1 heterocycles. The SMILES string of the molecule is Cc1cc(C)cc(OCC(=O)N2CCN(c3ccc([N+](=O)[O-])cc3)CC2)c1. The first-order valence-corrected chi connectivity index (χ1v) is 8.90. The van der Waals surface area contributed by atoms with Crippen LogP contribution < -0.4 is 9.64 Å². The molecule has 142 valence electrons. The van der Waals surface area contributed by atoms with Gasteiger partial charge in [0.2, 0.25) is 0 Å². The van der Waals surface area contributed by atoms with Gasteiger partial charge in [0.1, 0.15) is 5.75 Å². The van der Waals surface area contributed by atoms with E-state index in [9.17, 15) is 14.9 Å². The fraction of sp³-hybridized carbons (Fsp3) is 0.350. The second kappa shape index (κ2) is 8.07. The van der Waals surface area contributed by atoms with Crippen LogP contribution in [0, 0.1) is 24.0 Å². The lowest BCUT2D eigenvalue weighted by Gasteiger charge is -2.36. The molecular formula is C20H23N3O4. The van der Waals surface area contributed by atoms with Crippen molar-refractivity contribution in [1.82, 2.24) is 4.90 Å². The zero-order chi connectivity index (χ0) is 19.4. The van der Waals surface area contributed by atoms with E-state index in [0.717, 1.165) is 16.8 Å². The smallest absolute Gasteiger partial charge is 0.269 e. The number of nitro groups is 1. The van der Waals surface area contributed by atoms with Crippen molar-refractivity contribution < 1.29 is 14.5 Å². The third-order valence-corrected chi connectivity index (χ3v) is 4.62. The standard InChI is InChI=1S/C20H23N3O4/c1-15-11-16(2)13-19(12-15)27-14-20(24)22-9-7-21(8-10-22)17-3-5-18(6-4-17)23(25)26/h3-6,11-13H,7-10,14H2,1-2H3. The van der Waals surface area contributed by atoms with Crippen LogP contribution in [0.25, 0.3) is 0 Å². The van der Waals surface area contributed by atoms with Crippen molar-refractivity contribution in [2.75, 3.05) is 37.7 Å². The highest BCUT2D eigenvalue weighted by Crippen LogP contribution is 2.21. The molecule has 1 saturated heterocycles. The monoisotopic (exact) mass is 369 g/mol. The number of amides is 1. The molecule has 0 saturated carbocycles. The number of hydrogen-bond acceptors (Lipinski definition) is 5. The molecule has 2 aromatic carbocycles. The van der Waals surface area contributed by atoms with Gasteiger partial charge in [-0.05, 0) is 49.2 Å². The van der Waals surface area contributed by atoms with Gasteiger partial charge in [-0.3, -0.25) is 14.9 Å². The molecule has 0 atom stereocenters. The normalized spacial score (nSPS) is 14.1. The summed E-state index contributed by atoms with van der Waals surface area (Å²) in [6, 6.07) is 12.4. The van der Waals surface area contributed by atoms with Crippen LogP contribution >= 0.6 is 0 Å². The van der Waals surface area contributed by atoms with Gasteiger partial charge in [0.15, 0.2) is 6.61 Å². The second-order valence-electron chi connectivity index (χ2n) is 6.75. The Morgan fingerprint density at radius 3 is 2.19 bits per heavy atom. The minimum atomic E-state index is -0.407. The summed E-state index contributed by atoms with van der Waals surface area (Å²) >= 11 is 0. The molecule has 0 bridgehead atoms. The number of carbonyl (C=O) groups excluding carboxylic acids is 1. The van der Waals surface area contributed by atoms with Gasteiger partial charge in [-0.2, -0.15) is 0 Å². The summed E-state index contributed by atoms with van der Waals surface area (Å²) in [4.78, 5) is 26.7. The molecule has 1 fully saturated rings. The lowest BCUT2D eigenvalue weighted by molar-refractivity contribution is -0.384. The molecule has 0 aliphatic carbocycles. The maximum Gasteiger partial charge on any atom is 0.269 e. The summed E-state index contributed by atoms with van der Waals surface area (Å²) in [7, 11) is 0. The Bertz CT molecular complexity index is 807. The van der Waals surface area contributed by atoms with Gasteiger partial charge in [-0.25, -0.2) is 0 Å². The molecule has 7 nitrogen and oxygen atoms in total. The molecule has 0 aromatic heterocycles. The minimum Gasteiger partial charge on any atom is -0.484 e. The van der Waals surface area contributed by atoms with E-state index in [-0.39, 0.29) is 18.2 Å². The average Bonchev–Trinajstić information content (AvgIpc) is 2.65. The molecule has 0 N–H and O–H groups in total. The van der Waals surface area contributed by atoms with Gasteiger partial charge >= 0.3 is 0 Å². The molecule has 2 aromatic rings. The number of non-ortho nitro benzene ring substituents is 1. The van der Waals surface area contributed by atoms with Gasteiger partial charge in [-0.15, -0.1) is 0 Å². The summed E-state index contributed by atoms with van der Waals surface area (Å²) in [6.07, 6.45) is 0. The van der Waals surface area contributed by atoms with Crippen molar-refractivity contribution in [3.8, 4) is 5.75 Å². The van der Waals surface area contributed by atoms with E-state index in [1.54, 1.807) is 17.0 Å². The van der Waals surface area contributed by atoms with Crippen LogP contribution in [0.3, 0.4) is 0 Å². The Balaban J connectivity index is 1.50. The first-order chi connectivity index (χ1) is 12.9. The largest absolute Gasteiger partial charge is 0.484 e. The topological polar surface area (TPSA) is 75.9 Å². The van der Waals surface area contributed by atoms with Gasteiger partial charge in [-0.1, -0.05) is 6.07 Å². The van der Waals surface area contributed by atoms with Crippen LogP contribution in [-0.2, 0) is 4.79 Å². The van der Waals surface area contributed by atoms with Gasteiger partial charge in [0.05, 0.1) is 4.92 Å². The van der Waals surface area contributed by atoms with Crippen molar-refractivity contribution in [3.05, 3.63) is 63.7 Å². The number of nitrogens with zero attached hydrogens (tertiary/aromatic N) is 3. The van der Waals surface area contributed by atoms with Crippen molar-refractivity contribution in [3.63, 3.8) is 0 Å². The Labute approximate surface area is 158 Å². The fourth-order valence-corrected chi connectivity index (χ4v) is 3.25. The molecule has 1 aliphatic rings. The van der Waals surface area contributed by atoms with Crippen molar-refractivity contribution in [1.29, 1.82) is 0 Å². The summed E-state index contributed by atoms with van der Waals surface area (Å²) < 4.78 is 5.66. The fourth-order valence-electron chi connectivity index (χ4n) is 3.25. The predicted molar refractivity (Wildman–Crippen MR) is 103 cm³/mol. The zero-order valence-electron chi connectivity index (χ0n) is 15.6. The third kappa shape index (κ3) is 4.75. The molecule has 0 radical (unpaired) electrons. The lowest BCUT2D eigenvalue weighted by Crippen LogP contribution is -2.50. The molecule has 7 heteroatoms. The van der Waals surface area contributed by atoms with Crippen LogP contribution in [-0.4, -0.2) is 48.5 Å². The minimum absolute atomic E-state index is 0.0282. The maximum atomic E-state index is 12.4. The summed E-state index contributed by atoms with van der Waals surface area (Å²) in [5, 5.41) is 10.7. The molecular weight excluding hydrogens is 346 g/mol. The van der Waals surface area contributed by atoms with Crippen LogP contribution in [0.2, 0.25) is 0 Å². The van der Waals surface area contributed by atoms with Crippen molar-refractivity contribution >= 4 is 17.3 Å². The van der Waals surface area contributed by atoms with Crippen LogP contribution in [0.15, 0.2) is 42.5 Å². The van der Waals surface area contributed by atoms with E-state index in [0.29, 0.717) is 31.9 Å². The summed E-state index contributed by atoms with van der Waals surface area (Å²) in [5.41, 5.74) is 3.22. The summed E-state index contributed by atoms with van der Waals surface area (Å²) in [6.45, 7) is 6.61. The van der Waals surface area contributed by atoms with E-state index >= 15 is 0 Å². The molecule has 3 rings (SSSR count). The number of benzene rings is 2. The quantitative estimate of drug-likeness (QED) is 0.598. The Hall–Kier alpha value is -3.09. The number of nitro benzene ring substituents is 1. The van der Waals surface area contributed by atoms with Crippen LogP contribution in [0.1, 0.15) is 11.1 Å².